The second-order valence-electron chi connectivity index (χ2n) is 6.81. The average molecular weight is 500 g/mol. The van der Waals surface area contributed by atoms with E-state index >= 15 is 0 Å². The maximum atomic E-state index is 12.6. The molecule has 1 N–H and O–H groups in total. The van der Waals surface area contributed by atoms with Gasteiger partial charge in [0.05, 0.1) is 17.7 Å². The fraction of sp³-hybridized carbons (Fsp3) is 0.136. The minimum Gasteiger partial charge on any atom is -0.467 e. The Balaban J connectivity index is 1.62. The van der Waals surface area contributed by atoms with Crippen molar-refractivity contribution in [2.24, 2.45) is 0 Å². The van der Waals surface area contributed by atoms with E-state index in [0.717, 1.165) is 37.6 Å². The van der Waals surface area contributed by atoms with Crippen LogP contribution < -0.4 is 5.32 Å². The molecule has 3 aromatic rings. The average Bonchev–Trinajstić information content (AvgIpc) is 3.43. The molecule has 3 amide bonds. The predicted molar refractivity (Wildman–Crippen MR) is 123 cm³/mol. The first-order valence-corrected chi connectivity index (χ1v) is 11.0. The number of fused-ring (bicyclic) bond motifs is 1. The van der Waals surface area contributed by atoms with Crippen molar-refractivity contribution in [3.63, 3.8) is 0 Å². The number of amides is 3. The molecule has 0 bridgehead atoms. The second-order valence-corrected chi connectivity index (χ2v) is 8.72. The Morgan fingerprint density at radius 2 is 2.13 bits per heavy atom. The Morgan fingerprint density at radius 3 is 2.87 bits per heavy atom. The van der Waals surface area contributed by atoms with Crippen LogP contribution in [0.1, 0.15) is 11.3 Å². The van der Waals surface area contributed by atoms with E-state index in [2.05, 4.69) is 27.8 Å². The van der Waals surface area contributed by atoms with E-state index in [0.29, 0.717) is 17.2 Å². The van der Waals surface area contributed by atoms with Crippen LogP contribution in [0.5, 0.6) is 0 Å². The maximum Gasteiger partial charge on any atom is 0.293 e. The molecule has 0 radical (unpaired) electrons. The number of hydrogen-bond acceptors (Lipinski definition) is 5. The van der Waals surface area contributed by atoms with E-state index in [4.69, 9.17) is 4.42 Å². The monoisotopic (exact) mass is 499 g/mol. The van der Waals surface area contributed by atoms with Crippen molar-refractivity contribution in [3.8, 4) is 0 Å². The number of nitrogens with zero attached hydrogens (tertiary/aromatic N) is 2. The summed E-state index contributed by atoms with van der Waals surface area (Å²) in [5, 5.41) is 3.37. The van der Waals surface area contributed by atoms with Crippen molar-refractivity contribution >= 4 is 61.7 Å². The van der Waals surface area contributed by atoms with Gasteiger partial charge in [-0.25, -0.2) is 0 Å². The lowest BCUT2D eigenvalue weighted by molar-refractivity contribution is -0.123. The Labute approximate surface area is 190 Å². The number of aromatic nitrogens is 1. The third-order valence-corrected chi connectivity index (χ3v) is 6.10. The van der Waals surface area contributed by atoms with E-state index in [1.807, 2.05) is 29.0 Å². The first-order chi connectivity index (χ1) is 15.0. The van der Waals surface area contributed by atoms with Gasteiger partial charge in [-0.1, -0.05) is 22.0 Å². The van der Waals surface area contributed by atoms with E-state index in [1.165, 1.54) is 6.08 Å². The number of hydrogen-bond donors (Lipinski definition) is 1. The standard InChI is InChI=1S/C22H18BrN3O4S/c1-2-7-26-21(28)19(31-22(26)29)9-14-12-25(18-6-5-15(23)10-17(14)18)13-20(27)24-11-16-4-3-8-30-16/h2-6,8-10,12H,1,7,11,13H2,(H,24,27)/b19-9-. The van der Waals surface area contributed by atoms with Gasteiger partial charge in [-0.15, -0.1) is 6.58 Å². The summed E-state index contributed by atoms with van der Waals surface area (Å²) in [6, 6.07) is 9.27. The molecule has 0 atom stereocenters. The summed E-state index contributed by atoms with van der Waals surface area (Å²) in [4.78, 5) is 38.7. The van der Waals surface area contributed by atoms with Crippen LogP contribution in [0.25, 0.3) is 17.0 Å². The van der Waals surface area contributed by atoms with Crippen LogP contribution in [0, 0.1) is 0 Å². The Hall–Kier alpha value is -3.04. The number of halogens is 1. The first-order valence-electron chi connectivity index (χ1n) is 9.40. The van der Waals surface area contributed by atoms with Crippen LogP contribution in [-0.2, 0) is 22.7 Å². The van der Waals surface area contributed by atoms with E-state index in [1.54, 1.807) is 24.5 Å². The highest BCUT2D eigenvalue weighted by molar-refractivity contribution is 9.10. The summed E-state index contributed by atoms with van der Waals surface area (Å²) in [7, 11) is 0. The summed E-state index contributed by atoms with van der Waals surface area (Å²) < 4.78 is 7.92. The summed E-state index contributed by atoms with van der Waals surface area (Å²) >= 11 is 4.37. The number of rotatable bonds is 7. The van der Waals surface area contributed by atoms with Gasteiger partial charge < -0.3 is 14.3 Å². The smallest absolute Gasteiger partial charge is 0.293 e. The predicted octanol–water partition coefficient (Wildman–Crippen LogP) is 4.54. The van der Waals surface area contributed by atoms with Crippen molar-refractivity contribution in [1.82, 2.24) is 14.8 Å². The number of carbonyl (C=O) groups is 3. The van der Waals surface area contributed by atoms with Crippen molar-refractivity contribution < 1.29 is 18.8 Å². The number of carbonyl (C=O) groups excluding carboxylic acids is 3. The molecule has 1 aromatic carbocycles. The number of thioether (sulfide) groups is 1. The Kier molecular flexibility index (Phi) is 6.15. The van der Waals surface area contributed by atoms with Gasteiger partial charge in [-0.3, -0.25) is 19.3 Å². The molecule has 158 valence electrons. The molecule has 31 heavy (non-hydrogen) atoms. The first kappa shape index (κ1) is 21.2. The minimum atomic E-state index is -0.345. The highest BCUT2D eigenvalue weighted by Gasteiger charge is 2.34. The van der Waals surface area contributed by atoms with Crippen molar-refractivity contribution in [1.29, 1.82) is 0 Å². The zero-order valence-corrected chi connectivity index (χ0v) is 18.7. The van der Waals surface area contributed by atoms with Gasteiger partial charge in [0.25, 0.3) is 11.1 Å². The van der Waals surface area contributed by atoms with Crippen LogP contribution >= 0.6 is 27.7 Å². The molecular formula is C22H18BrN3O4S. The number of imide groups is 1. The summed E-state index contributed by atoms with van der Waals surface area (Å²) in [5.74, 6) is 0.154. The third-order valence-electron chi connectivity index (χ3n) is 4.70. The van der Waals surface area contributed by atoms with Gasteiger partial charge in [0.15, 0.2) is 0 Å². The highest BCUT2D eigenvalue weighted by atomic mass is 79.9. The van der Waals surface area contributed by atoms with Gasteiger partial charge in [0, 0.05) is 33.7 Å². The zero-order chi connectivity index (χ0) is 22.0. The van der Waals surface area contributed by atoms with Crippen molar-refractivity contribution in [2.45, 2.75) is 13.1 Å². The molecule has 1 saturated heterocycles. The number of benzene rings is 1. The maximum absolute atomic E-state index is 12.6. The molecule has 3 heterocycles. The van der Waals surface area contributed by atoms with Crippen LogP contribution in [0.15, 0.2) is 69.2 Å². The normalized spacial score (nSPS) is 15.3. The van der Waals surface area contributed by atoms with Gasteiger partial charge >= 0.3 is 0 Å². The second kappa shape index (κ2) is 8.99. The highest BCUT2D eigenvalue weighted by Crippen LogP contribution is 2.34. The van der Waals surface area contributed by atoms with Crippen LogP contribution in [0.3, 0.4) is 0 Å². The SMILES string of the molecule is C=CCN1C(=O)S/C(=C\c2cn(CC(=O)NCc3ccco3)c3ccc(Br)cc23)C1=O. The summed E-state index contributed by atoms with van der Waals surface area (Å²) in [6.45, 7) is 4.17. The summed E-state index contributed by atoms with van der Waals surface area (Å²) in [5.41, 5.74) is 1.59. The molecule has 0 aliphatic carbocycles. The molecule has 2 aromatic heterocycles. The van der Waals surface area contributed by atoms with E-state index in [-0.39, 0.29) is 30.1 Å². The molecule has 9 heteroatoms. The number of nitrogens with one attached hydrogen (secondary N) is 1. The molecule has 4 rings (SSSR count). The fourth-order valence-electron chi connectivity index (χ4n) is 3.28. The van der Waals surface area contributed by atoms with Crippen LogP contribution in [0.4, 0.5) is 4.79 Å². The van der Waals surface area contributed by atoms with Crippen molar-refractivity contribution in [2.75, 3.05) is 6.54 Å². The quantitative estimate of drug-likeness (QED) is 0.381. The van der Waals surface area contributed by atoms with Crippen molar-refractivity contribution in [3.05, 3.63) is 76.1 Å². The molecule has 1 fully saturated rings. The topological polar surface area (TPSA) is 84.6 Å². The molecule has 0 unspecified atom stereocenters. The largest absolute Gasteiger partial charge is 0.467 e. The Bertz CT molecular complexity index is 1210. The molecule has 1 aliphatic rings. The lowest BCUT2D eigenvalue weighted by Gasteiger charge is -2.07. The third kappa shape index (κ3) is 4.52. The molecular weight excluding hydrogens is 482 g/mol. The molecule has 0 spiro atoms. The zero-order valence-electron chi connectivity index (χ0n) is 16.3. The van der Waals surface area contributed by atoms with Crippen LogP contribution in [-0.4, -0.2) is 33.1 Å². The van der Waals surface area contributed by atoms with Crippen LogP contribution in [0.2, 0.25) is 0 Å². The lowest BCUT2D eigenvalue weighted by Crippen LogP contribution is -2.27. The fourth-order valence-corrected chi connectivity index (χ4v) is 4.48. The van der Waals surface area contributed by atoms with E-state index < -0.39 is 0 Å². The van der Waals surface area contributed by atoms with Gasteiger partial charge in [0.1, 0.15) is 12.3 Å². The number of furan rings is 1. The van der Waals surface area contributed by atoms with E-state index in [9.17, 15) is 14.4 Å². The molecule has 0 saturated carbocycles. The lowest BCUT2D eigenvalue weighted by atomic mass is 10.1. The summed E-state index contributed by atoms with van der Waals surface area (Å²) in [6.07, 6.45) is 6.58. The Morgan fingerprint density at radius 1 is 1.29 bits per heavy atom. The van der Waals surface area contributed by atoms with Gasteiger partial charge in [0.2, 0.25) is 5.91 Å². The minimum absolute atomic E-state index is 0.102. The van der Waals surface area contributed by atoms with Gasteiger partial charge in [-0.05, 0) is 48.2 Å². The molecule has 7 nitrogen and oxygen atoms in total. The van der Waals surface area contributed by atoms with Gasteiger partial charge in [-0.2, -0.15) is 0 Å². The molecule has 1 aliphatic heterocycles.